The molecule has 0 aliphatic carbocycles. The molecule has 2 aromatic rings. The number of carbonyl (C=O) groups excluding carboxylic acids is 1. The van der Waals surface area contributed by atoms with E-state index in [9.17, 15) is 4.79 Å². The van der Waals surface area contributed by atoms with Crippen LogP contribution in [-0.4, -0.2) is 36.0 Å². The summed E-state index contributed by atoms with van der Waals surface area (Å²) < 4.78 is 18.1. The van der Waals surface area contributed by atoms with Crippen molar-refractivity contribution >= 4 is 6.09 Å². The maximum Gasteiger partial charge on any atom is 0.410 e. The first kappa shape index (κ1) is 20.6. The summed E-state index contributed by atoms with van der Waals surface area (Å²) in [6, 6.07) is 19.5. The van der Waals surface area contributed by atoms with Gasteiger partial charge in [0.2, 0.25) is 0 Å². The van der Waals surface area contributed by atoms with E-state index in [1.54, 1.807) is 0 Å². The molecule has 2 unspecified atom stereocenters. The fourth-order valence-corrected chi connectivity index (χ4v) is 4.72. The molecule has 0 saturated carbocycles. The van der Waals surface area contributed by atoms with E-state index in [0.29, 0.717) is 26.1 Å². The number of benzene rings is 2. The maximum absolute atomic E-state index is 13.4. The molecule has 30 heavy (non-hydrogen) atoms. The molecular formula is C25H29NO4. The summed E-state index contributed by atoms with van der Waals surface area (Å²) in [5.74, 6) is -0.738. The molecule has 0 radical (unpaired) electrons. The van der Waals surface area contributed by atoms with Gasteiger partial charge < -0.3 is 14.2 Å². The highest BCUT2D eigenvalue weighted by atomic mass is 16.7. The first-order valence-corrected chi connectivity index (χ1v) is 10.6. The summed E-state index contributed by atoms with van der Waals surface area (Å²) in [6.45, 7) is 7.41. The van der Waals surface area contributed by atoms with E-state index < -0.39 is 5.79 Å². The lowest BCUT2D eigenvalue weighted by Crippen LogP contribution is -2.59. The van der Waals surface area contributed by atoms with Gasteiger partial charge in [0, 0.05) is 18.4 Å². The molecule has 158 valence electrons. The Labute approximate surface area is 178 Å². The fraction of sp³-hybridized carbons (Fsp3) is 0.400. The molecule has 2 aliphatic rings. The van der Waals surface area contributed by atoms with Crippen molar-refractivity contribution in [3.63, 3.8) is 0 Å². The van der Waals surface area contributed by atoms with Crippen molar-refractivity contribution in [2.75, 3.05) is 13.2 Å². The largest absolute Gasteiger partial charge is 0.445 e. The van der Waals surface area contributed by atoms with Crippen molar-refractivity contribution in [1.82, 2.24) is 4.90 Å². The smallest absolute Gasteiger partial charge is 0.410 e. The van der Waals surface area contributed by atoms with E-state index in [4.69, 9.17) is 14.2 Å². The van der Waals surface area contributed by atoms with Gasteiger partial charge in [-0.1, -0.05) is 73.7 Å². The second-order valence-corrected chi connectivity index (χ2v) is 7.98. The molecule has 3 atom stereocenters. The first-order chi connectivity index (χ1) is 14.6. The lowest BCUT2D eigenvalue weighted by molar-refractivity contribution is -0.239. The SMILES string of the molecule is C=CCC1CC2(OCCO2)[C@H](C)C(c2ccccc2)N1C(=O)OCc1ccccc1. The number of hydrogen-bond acceptors (Lipinski definition) is 4. The predicted molar refractivity (Wildman–Crippen MR) is 115 cm³/mol. The monoisotopic (exact) mass is 407 g/mol. The van der Waals surface area contributed by atoms with Crippen LogP contribution in [0.3, 0.4) is 0 Å². The minimum atomic E-state index is -0.690. The zero-order valence-electron chi connectivity index (χ0n) is 17.4. The van der Waals surface area contributed by atoms with Gasteiger partial charge in [0.1, 0.15) is 6.61 Å². The summed E-state index contributed by atoms with van der Waals surface area (Å²) in [5, 5.41) is 0. The molecule has 0 bridgehead atoms. The number of nitrogens with zero attached hydrogens (tertiary/aromatic N) is 1. The van der Waals surface area contributed by atoms with E-state index in [2.05, 4.69) is 25.6 Å². The zero-order valence-corrected chi connectivity index (χ0v) is 17.4. The summed E-state index contributed by atoms with van der Waals surface area (Å²) in [4.78, 5) is 15.3. The molecule has 1 amide bonds. The van der Waals surface area contributed by atoms with Gasteiger partial charge in [0.15, 0.2) is 5.79 Å². The van der Waals surface area contributed by atoms with Gasteiger partial charge in [-0.05, 0) is 17.5 Å². The zero-order chi connectivity index (χ0) is 21.0. The van der Waals surface area contributed by atoms with Crippen molar-refractivity contribution in [2.24, 2.45) is 5.92 Å². The van der Waals surface area contributed by atoms with Crippen LogP contribution in [0, 0.1) is 5.92 Å². The minimum absolute atomic E-state index is 0.0484. The second kappa shape index (κ2) is 9.02. The van der Waals surface area contributed by atoms with Crippen molar-refractivity contribution in [2.45, 2.75) is 44.2 Å². The third kappa shape index (κ3) is 4.00. The van der Waals surface area contributed by atoms with E-state index in [1.165, 1.54) is 0 Å². The van der Waals surface area contributed by atoms with Crippen LogP contribution < -0.4 is 0 Å². The number of carbonyl (C=O) groups is 1. The third-order valence-electron chi connectivity index (χ3n) is 6.15. The van der Waals surface area contributed by atoms with E-state index in [1.807, 2.05) is 59.5 Å². The Morgan fingerprint density at radius 3 is 2.40 bits per heavy atom. The van der Waals surface area contributed by atoms with Crippen LogP contribution in [0.5, 0.6) is 0 Å². The molecule has 5 heteroatoms. The number of hydrogen-bond donors (Lipinski definition) is 0. The van der Waals surface area contributed by atoms with Gasteiger partial charge in [-0.3, -0.25) is 4.90 Å². The van der Waals surface area contributed by atoms with Crippen LogP contribution in [-0.2, 0) is 20.8 Å². The Balaban J connectivity index is 1.66. The van der Waals surface area contributed by atoms with Crippen molar-refractivity contribution in [1.29, 1.82) is 0 Å². The molecule has 5 nitrogen and oxygen atoms in total. The molecule has 0 aromatic heterocycles. The average Bonchev–Trinajstić information content (AvgIpc) is 3.25. The Morgan fingerprint density at radius 1 is 1.13 bits per heavy atom. The van der Waals surface area contributed by atoms with Gasteiger partial charge in [0.25, 0.3) is 0 Å². The highest BCUT2D eigenvalue weighted by Gasteiger charge is 2.55. The van der Waals surface area contributed by atoms with Gasteiger partial charge in [-0.25, -0.2) is 4.79 Å². The molecule has 4 rings (SSSR count). The fourth-order valence-electron chi connectivity index (χ4n) is 4.72. The number of rotatable bonds is 5. The van der Waals surface area contributed by atoms with Gasteiger partial charge in [-0.15, -0.1) is 6.58 Å². The number of amides is 1. The summed E-state index contributed by atoms with van der Waals surface area (Å²) in [7, 11) is 0. The lowest BCUT2D eigenvalue weighted by atomic mass is 9.77. The molecule has 2 fully saturated rings. The quantitative estimate of drug-likeness (QED) is 0.648. The Kier molecular flexibility index (Phi) is 6.21. The number of likely N-dealkylation sites (tertiary alicyclic amines) is 1. The Hall–Kier alpha value is -2.63. The maximum atomic E-state index is 13.4. The van der Waals surface area contributed by atoms with E-state index in [0.717, 1.165) is 11.1 Å². The topological polar surface area (TPSA) is 48.0 Å². The molecule has 2 aromatic carbocycles. The highest BCUT2D eigenvalue weighted by Crippen LogP contribution is 2.49. The predicted octanol–water partition coefficient (Wildman–Crippen LogP) is 5.09. The van der Waals surface area contributed by atoms with Gasteiger partial charge in [0.05, 0.1) is 19.3 Å². The van der Waals surface area contributed by atoms with Crippen LogP contribution in [0.4, 0.5) is 4.79 Å². The third-order valence-corrected chi connectivity index (χ3v) is 6.15. The van der Waals surface area contributed by atoms with E-state index >= 15 is 0 Å². The number of piperidine rings is 1. The van der Waals surface area contributed by atoms with Crippen LogP contribution >= 0.6 is 0 Å². The molecule has 2 saturated heterocycles. The second-order valence-electron chi connectivity index (χ2n) is 7.98. The molecule has 1 spiro atoms. The van der Waals surface area contributed by atoms with E-state index in [-0.39, 0.29) is 30.7 Å². The van der Waals surface area contributed by atoms with Crippen LogP contribution in [0.15, 0.2) is 73.3 Å². The summed E-state index contributed by atoms with van der Waals surface area (Å²) in [5.41, 5.74) is 2.01. The van der Waals surface area contributed by atoms with Crippen molar-refractivity contribution in [3.8, 4) is 0 Å². The van der Waals surface area contributed by atoms with Crippen LogP contribution in [0.1, 0.15) is 36.9 Å². The number of ether oxygens (including phenoxy) is 3. The molecule has 2 aliphatic heterocycles. The van der Waals surface area contributed by atoms with Crippen molar-refractivity contribution in [3.05, 3.63) is 84.4 Å². The van der Waals surface area contributed by atoms with Crippen LogP contribution in [0.25, 0.3) is 0 Å². The standard InChI is InChI=1S/C25H29NO4/c1-3-10-22-17-25(29-15-16-30-25)19(2)23(21-13-8-5-9-14-21)26(22)24(27)28-18-20-11-6-4-7-12-20/h3-9,11-14,19,22-23H,1,10,15-18H2,2H3/t19-,22?,23?/m1/s1. The summed E-state index contributed by atoms with van der Waals surface area (Å²) in [6.07, 6.45) is 2.77. The lowest BCUT2D eigenvalue weighted by Gasteiger charge is -2.52. The normalized spacial score (nSPS) is 25.2. The molecule has 2 heterocycles. The minimum Gasteiger partial charge on any atom is -0.445 e. The molecular weight excluding hydrogens is 378 g/mol. The van der Waals surface area contributed by atoms with Gasteiger partial charge in [-0.2, -0.15) is 0 Å². The summed E-state index contributed by atoms with van der Waals surface area (Å²) >= 11 is 0. The Morgan fingerprint density at radius 2 is 1.77 bits per heavy atom. The van der Waals surface area contributed by atoms with Gasteiger partial charge >= 0.3 is 6.09 Å². The highest BCUT2D eigenvalue weighted by molar-refractivity contribution is 5.69. The van der Waals surface area contributed by atoms with Crippen LogP contribution in [0.2, 0.25) is 0 Å². The molecule has 0 N–H and O–H groups in total. The first-order valence-electron chi connectivity index (χ1n) is 10.6. The Bertz CT molecular complexity index is 848. The van der Waals surface area contributed by atoms with Crippen molar-refractivity contribution < 1.29 is 19.0 Å². The average molecular weight is 408 g/mol.